The van der Waals surface area contributed by atoms with Gasteiger partial charge in [-0.3, -0.25) is 9.69 Å². The van der Waals surface area contributed by atoms with E-state index in [1.807, 2.05) is 20.9 Å². The minimum atomic E-state index is 0.174. The number of hydrogen-bond donors (Lipinski definition) is 1. The molecule has 1 atom stereocenters. The van der Waals surface area contributed by atoms with Crippen LogP contribution in [0, 0.1) is 5.92 Å². The maximum atomic E-state index is 12.6. The van der Waals surface area contributed by atoms with E-state index in [1.165, 1.54) is 5.57 Å². The number of carbonyl (C=O) groups excluding carboxylic acids is 1. The van der Waals surface area contributed by atoms with Gasteiger partial charge in [0.1, 0.15) is 0 Å². The Hall–Kier alpha value is -1.13. The lowest BCUT2D eigenvalue weighted by Gasteiger charge is -2.36. The van der Waals surface area contributed by atoms with Crippen molar-refractivity contribution in [2.24, 2.45) is 5.92 Å². The molecule has 1 heterocycles. The smallest absolute Gasteiger partial charge is 0.225 e. The summed E-state index contributed by atoms with van der Waals surface area (Å²) in [6.45, 7) is 15.8. The first-order chi connectivity index (χ1) is 11.7. The molecule has 24 heavy (non-hydrogen) atoms. The fourth-order valence-electron chi connectivity index (χ4n) is 2.92. The van der Waals surface area contributed by atoms with Crippen LogP contribution in [0.1, 0.15) is 47.5 Å². The van der Waals surface area contributed by atoms with E-state index < -0.39 is 0 Å². The van der Waals surface area contributed by atoms with Gasteiger partial charge in [-0.1, -0.05) is 39.0 Å². The van der Waals surface area contributed by atoms with Crippen molar-refractivity contribution in [1.82, 2.24) is 15.1 Å². The van der Waals surface area contributed by atoms with Crippen LogP contribution in [-0.2, 0) is 4.79 Å². The van der Waals surface area contributed by atoms with Crippen LogP contribution in [0.3, 0.4) is 0 Å². The normalized spacial score (nSPS) is 17.6. The molecule has 1 rings (SSSR count). The second kappa shape index (κ2) is 14.2. The molecule has 0 aromatic rings. The fourth-order valence-corrected chi connectivity index (χ4v) is 2.92. The molecule has 0 bridgehead atoms. The van der Waals surface area contributed by atoms with Crippen LogP contribution in [0.15, 0.2) is 23.8 Å². The molecule has 0 aromatic carbocycles. The monoisotopic (exact) mass is 337 g/mol. The van der Waals surface area contributed by atoms with Gasteiger partial charge in [-0.05, 0) is 45.9 Å². The van der Waals surface area contributed by atoms with Gasteiger partial charge < -0.3 is 10.2 Å². The molecule has 1 N–H and O–H groups in total. The molecule has 1 saturated heterocycles. The Kier molecular flexibility index (Phi) is 13.6. The van der Waals surface area contributed by atoms with E-state index >= 15 is 0 Å². The van der Waals surface area contributed by atoms with Gasteiger partial charge in [0.2, 0.25) is 5.91 Å². The van der Waals surface area contributed by atoms with Crippen molar-refractivity contribution in [3.8, 4) is 0 Å². The molecule has 140 valence electrons. The van der Waals surface area contributed by atoms with E-state index in [0.717, 1.165) is 52.1 Å². The van der Waals surface area contributed by atoms with Gasteiger partial charge in [0, 0.05) is 38.6 Å². The quantitative estimate of drug-likeness (QED) is 0.690. The summed E-state index contributed by atoms with van der Waals surface area (Å²) in [4.78, 5) is 17.1. The van der Waals surface area contributed by atoms with Crippen LogP contribution in [-0.4, -0.2) is 62.0 Å². The summed E-state index contributed by atoms with van der Waals surface area (Å²) in [6.07, 6.45) is 8.30. The highest BCUT2D eigenvalue weighted by molar-refractivity contribution is 5.78. The summed E-state index contributed by atoms with van der Waals surface area (Å²) in [6, 6.07) is 0. The predicted molar refractivity (Wildman–Crippen MR) is 105 cm³/mol. The van der Waals surface area contributed by atoms with Crippen molar-refractivity contribution >= 4 is 5.91 Å². The first kappa shape index (κ1) is 22.9. The zero-order chi connectivity index (χ0) is 18.4. The minimum Gasteiger partial charge on any atom is -0.340 e. The summed E-state index contributed by atoms with van der Waals surface area (Å²) < 4.78 is 0. The molecule has 4 nitrogen and oxygen atoms in total. The molecule has 0 aliphatic carbocycles. The van der Waals surface area contributed by atoms with E-state index in [9.17, 15) is 4.79 Å². The van der Waals surface area contributed by atoms with Gasteiger partial charge >= 0.3 is 0 Å². The number of allylic oxidation sites excluding steroid dienone is 2. The first-order valence-electron chi connectivity index (χ1n) is 9.59. The van der Waals surface area contributed by atoms with E-state index in [2.05, 4.69) is 54.1 Å². The van der Waals surface area contributed by atoms with Crippen LogP contribution < -0.4 is 5.32 Å². The van der Waals surface area contributed by atoms with E-state index in [0.29, 0.717) is 5.91 Å². The number of nitrogens with one attached hydrogen (secondary N) is 1. The molecule has 1 aliphatic rings. The second-order valence-electron chi connectivity index (χ2n) is 5.96. The molecule has 0 radical (unpaired) electrons. The summed E-state index contributed by atoms with van der Waals surface area (Å²) >= 11 is 0. The molecule has 1 fully saturated rings. The molecule has 0 spiro atoms. The van der Waals surface area contributed by atoms with Crippen LogP contribution >= 0.6 is 0 Å². The molecular formula is C20H39N3O. The molecule has 1 aliphatic heterocycles. The zero-order valence-electron chi connectivity index (χ0n) is 16.8. The lowest BCUT2D eigenvalue weighted by molar-refractivity contribution is -0.137. The van der Waals surface area contributed by atoms with Gasteiger partial charge in [0.25, 0.3) is 0 Å². The molecule has 1 amide bonds. The number of nitrogens with zero attached hydrogens (tertiary/aromatic N) is 2. The van der Waals surface area contributed by atoms with Crippen LogP contribution in [0.4, 0.5) is 0 Å². The number of carbonyl (C=O) groups is 1. The molecule has 0 aromatic heterocycles. The fraction of sp³-hybridized carbons (Fsp3) is 0.750. The van der Waals surface area contributed by atoms with Crippen molar-refractivity contribution in [3.63, 3.8) is 0 Å². The van der Waals surface area contributed by atoms with Crippen molar-refractivity contribution in [1.29, 1.82) is 0 Å². The lowest BCUT2D eigenvalue weighted by atomic mass is 10.00. The highest BCUT2D eigenvalue weighted by Gasteiger charge is 2.26. The molecule has 4 heteroatoms. The average molecular weight is 338 g/mol. The van der Waals surface area contributed by atoms with Crippen LogP contribution in [0.25, 0.3) is 0 Å². The van der Waals surface area contributed by atoms with E-state index in [4.69, 9.17) is 0 Å². The molecular weight excluding hydrogens is 298 g/mol. The van der Waals surface area contributed by atoms with E-state index in [1.54, 1.807) is 0 Å². The third-order valence-corrected chi connectivity index (χ3v) is 4.43. The Morgan fingerprint density at radius 2 is 1.79 bits per heavy atom. The minimum absolute atomic E-state index is 0.174. The Balaban J connectivity index is 0.00000254. The van der Waals surface area contributed by atoms with Gasteiger partial charge in [-0.25, -0.2) is 0 Å². The van der Waals surface area contributed by atoms with Crippen molar-refractivity contribution in [2.45, 2.75) is 47.5 Å². The summed E-state index contributed by atoms with van der Waals surface area (Å²) in [5, 5.41) is 3.15. The largest absolute Gasteiger partial charge is 0.340 e. The highest BCUT2D eigenvalue weighted by Crippen LogP contribution is 2.15. The zero-order valence-corrected chi connectivity index (χ0v) is 16.8. The van der Waals surface area contributed by atoms with Gasteiger partial charge in [-0.15, -0.1) is 0 Å². The Bertz CT molecular complexity index is 382. The number of rotatable bonds is 8. The summed E-state index contributed by atoms with van der Waals surface area (Å²) in [5.41, 5.74) is 1.35. The Morgan fingerprint density at radius 3 is 2.25 bits per heavy atom. The van der Waals surface area contributed by atoms with E-state index in [-0.39, 0.29) is 5.92 Å². The second-order valence-corrected chi connectivity index (χ2v) is 5.96. The first-order valence-corrected chi connectivity index (χ1v) is 9.59. The van der Waals surface area contributed by atoms with Crippen molar-refractivity contribution in [3.05, 3.63) is 23.8 Å². The van der Waals surface area contributed by atoms with Gasteiger partial charge in [0.05, 0.1) is 0 Å². The third-order valence-electron chi connectivity index (χ3n) is 4.43. The van der Waals surface area contributed by atoms with Crippen molar-refractivity contribution < 1.29 is 4.79 Å². The predicted octanol–water partition coefficient (Wildman–Crippen LogP) is 3.31. The third kappa shape index (κ3) is 8.11. The Morgan fingerprint density at radius 1 is 1.17 bits per heavy atom. The SMILES string of the molecule is C/C=C\C(=C/C)CN1CCN(C(=O)C(CC)CCNC)CC1.CC. The van der Waals surface area contributed by atoms with Crippen LogP contribution in [0.2, 0.25) is 0 Å². The number of piperazine rings is 1. The number of amides is 1. The average Bonchev–Trinajstić information content (AvgIpc) is 2.64. The standard InChI is InChI=1S/C18H33N3O.C2H6/c1-5-8-16(6-2)15-20-11-13-21(14-12-20)18(22)17(7-3)9-10-19-4;1-2/h5-6,8,17,19H,7,9-15H2,1-4H3;1-2H3/b8-5-,16-6+;. The molecule has 1 unspecified atom stereocenters. The molecule has 0 saturated carbocycles. The van der Waals surface area contributed by atoms with Gasteiger partial charge in [0.15, 0.2) is 0 Å². The maximum Gasteiger partial charge on any atom is 0.225 e. The highest BCUT2D eigenvalue weighted by atomic mass is 16.2. The van der Waals surface area contributed by atoms with Crippen molar-refractivity contribution in [2.75, 3.05) is 46.3 Å². The Labute approximate surface area is 150 Å². The summed E-state index contributed by atoms with van der Waals surface area (Å²) in [5.74, 6) is 0.519. The van der Waals surface area contributed by atoms with Gasteiger partial charge in [-0.2, -0.15) is 0 Å². The maximum absolute atomic E-state index is 12.6. The summed E-state index contributed by atoms with van der Waals surface area (Å²) in [7, 11) is 1.94. The number of hydrogen-bond acceptors (Lipinski definition) is 3. The topological polar surface area (TPSA) is 35.6 Å². The lowest BCUT2D eigenvalue weighted by Crippen LogP contribution is -2.50. The van der Waals surface area contributed by atoms with Crippen LogP contribution in [0.5, 0.6) is 0 Å².